The number of benzene rings is 1. The van der Waals surface area contributed by atoms with Crippen molar-refractivity contribution >= 4 is 46.4 Å². The van der Waals surface area contributed by atoms with Crippen molar-refractivity contribution < 1.29 is 23.1 Å². The molecule has 0 spiro atoms. The molecule has 1 heterocycles. The minimum atomic E-state index is -4.57. The number of thioether (sulfide) groups is 1. The van der Waals surface area contributed by atoms with Gasteiger partial charge in [0.05, 0.1) is 5.57 Å². The zero-order valence-electron chi connectivity index (χ0n) is 8.66. The van der Waals surface area contributed by atoms with Gasteiger partial charge < -0.3 is 5.11 Å². The second kappa shape index (κ2) is 4.76. The molecule has 0 aliphatic carbocycles. The average molecular weight is 386 g/mol. The normalized spacial score (nSPS) is 19.1. The molecule has 2 rings (SSSR count). The van der Waals surface area contributed by atoms with Crippen molar-refractivity contribution in [3.8, 4) is 0 Å². The average Bonchev–Trinajstić information content (AvgIpc) is 2.25. The SMILES string of the molecule is O=C(O)C1=Cc2cc(I)ccc2SC1C(F)(F)F. The molecule has 1 aliphatic heterocycles. The zero-order valence-corrected chi connectivity index (χ0v) is 11.6. The van der Waals surface area contributed by atoms with Crippen LogP contribution in [0.5, 0.6) is 0 Å². The maximum absolute atomic E-state index is 12.8. The van der Waals surface area contributed by atoms with E-state index in [4.69, 9.17) is 5.11 Å². The van der Waals surface area contributed by atoms with E-state index in [2.05, 4.69) is 0 Å². The molecule has 0 saturated heterocycles. The molecule has 0 fully saturated rings. The third-order valence-corrected chi connectivity index (χ3v) is 4.41. The van der Waals surface area contributed by atoms with Gasteiger partial charge >= 0.3 is 12.1 Å². The van der Waals surface area contributed by atoms with Gasteiger partial charge in [0.15, 0.2) is 0 Å². The largest absolute Gasteiger partial charge is 0.478 e. The van der Waals surface area contributed by atoms with Crippen LogP contribution in [-0.2, 0) is 4.79 Å². The van der Waals surface area contributed by atoms with Gasteiger partial charge in [0.2, 0.25) is 0 Å². The van der Waals surface area contributed by atoms with Crippen LogP contribution in [0.4, 0.5) is 13.2 Å². The van der Waals surface area contributed by atoms with E-state index in [1.807, 2.05) is 22.6 Å². The van der Waals surface area contributed by atoms with Gasteiger partial charge in [0.1, 0.15) is 5.25 Å². The van der Waals surface area contributed by atoms with Crippen molar-refractivity contribution in [1.82, 2.24) is 0 Å². The molecule has 0 bridgehead atoms. The molecule has 0 saturated carbocycles. The quantitative estimate of drug-likeness (QED) is 0.747. The molecule has 0 aromatic heterocycles. The fourth-order valence-corrected chi connectivity index (χ4v) is 3.19. The standard InChI is InChI=1S/C11H6F3IO2S/c12-11(13,14)9-7(10(16)17)4-5-3-6(15)1-2-8(5)18-9/h1-4,9H,(H,16,17). The van der Waals surface area contributed by atoms with Gasteiger partial charge in [-0.15, -0.1) is 11.8 Å². The maximum atomic E-state index is 12.8. The van der Waals surface area contributed by atoms with E-state index in [0.29, 0.717) is 22.2 Å². The molecule has 1 N–H and O–H groups in total. The van der Waals surface area contributed by atoms with E-state index < -0.39 is 23.0 Å². The number of rotatable bonds is 1. The number of halogens is 4. The molecule has 0 amide bonds. The van der Waals surface area contributed by atoms with Crippen LogP contribution in [0, 0.1) is 3.57 Å². The molecule has 18 heavy (non-hydrogen) atoms. The molecule has 96 valence electrons. The first-order valence-corrected chi connectivity index (χ1v) is 6.72. The van der Waals surface area contributed by atoms with Gasteiger partial charge in [-0.1, -0.05) is 0 Å². The summed E-state index contributed by atoms with van der Waals surface area (Å²) in [6.45, 7) is 0. The first-order chi connectivity index (χ1) is 8.29. The van der Waals surface area contributed by atoms with Crippen LogP contribution in [0.1, 0.15) is 5.56 Å². The van der Waals surface area contributed by atoms with E-state index in [9.17, 15) is 18.0 Å². The number of hydrogen-bond donors (Lipinski definition) is 1. The van der Waals surface area contributed by atoms with E-state index in [-0.39, 0.29) is 0 Å². The summed E-state index contributed by atoms with van der Waals surface area (Å²) in [5.41, 5.74) is -0.105. The summed E-state index contributed by atoms with van der Waals surface area (Å²) >= 11 is 2.56. The molecular weight excluding hydrogens is 380 g/mol. The van der Waals surface area contributed by atoms with Gasteiger partial charge in [-0.25, -0.2) is 4.79 Å². The Morgan fingerprint density at radius 2 is 2.06 bits per heavy atom. The molecule has 2 nitrogen and oxygen atoms in total. The molecular formula is C11H6F3IO2S. The van der Waals surface area contributed by atoms with Crippen molar-refractivity contribution in [1.29, 1.82) is 0 Å². The highest BCUT2D eigenvalue weighted by atomic mass is 127. The second-order valence-corrected chi connectivity index (χ2v) is 6.02. The minimum absolute atomic E-state index is 0.447. The Balaban J connectivity index is 2.53. The summed E-state index contributed by atoms with van der Waals surface area (Å²) in [7, 11) is 0. The van der Waals surface area contributed by atoms with Crippen LogP contribution in [0.15, 0.2) is 28.7 Å². The fourth-order valence-electron chi connectivity index (χ4n) is 1.59. The van der Waals surface area contributed by atoms with Crippen LogP contribution in [0.2, 0.25) is 0 Å². The lowest BCUT2D eigenvalue weighted by Gasteiger charge is -2.25. The van der Waals surface area contributed by atoms with E-state index in [1.165, 1.54) is 0 Å². The summed E-state index contributed by atoms with van der Waals surface area (Å²) in [4.78, 5) is 11.4. The zero-order chi connectivity index (χ0) is 13.5. The highest BCUT2D eigenvalue weighted by Crippen LogP contribution is 2.45. The Morgan fingerprint density at radius 1 is 1.39 bits per heavy atom. The highest BCUT2D eigenvalue weighted by molar-refractivity contribution is 14.1. The fraction of sp³-hybridized carbons (Fsp3) is 0.182. The summed E-state index contributed by atoms with van der Waals surface area (Å²) in [5.74, 6) is -1.53. The van der Waals surface area contributed by atoms with E-state index in [1.54, 1.807) is 18.2 Å². The summed E-state index contributed by atoms with van der Waals surface area (Å²) in [5, 5.41) is 6.87. The first-order valence-electron chi connectivity index (χ1n) is 4.77. The van der Waals surface area contributed by atoms with Crippen molar-refractivity contribution in [2.24, 2.45) is 0 Å². The lowest BCUT2D eigenvalue weighted by Crippen LogP contribution is -2.32. The van der Waals surface area contributed by atoms with Crippen LogP contribution in [0.3, 0.4) is 0 Å². The molecule has 7 heteroatoms. The van der Waals surface area contributed by atoms with Crippen LogP contribution >= 0.6 is 34.4 Å². The third-order valence-electron chi connectivity index (χ3n) is 2.35. The summed E-state index contributed by atoms with van der Waals surface area (Å²) in [6, 6.07) is 4.94. The maximum Gasteiger partial charge on any atom is 0.405 e. The van der Waals surface area contributed by atoms with E-state index >= 15 is 0 Å². The molecule has 1 aliphatic rings. The van der Waals surface area contributed by atoms with Gasteiger partial charge in [0.25, 0.3) is 0 Å². The Hall–Kier alpha value is -0.700. The molecule has 1 atom stereocenters. The predicted octanol–water partition coefficient (Wildman–Crippen LogP) is 3.80. The number of alkyl halides is 3. The Bertz CT molecular complexity index is 540. The Labute approximate surface area is 118 Å². The van der Waals surface area contributed by atoms with Gasteiger partial charge in [-0.2, -0.15) is 13.2 Å². The van der Waals surface area contributed by atoms with Crippen LogP contribution in [-0.4, -0.2) is 22.5 Å². The molecule has 1 aromatic carbocycles. The van der Waals surface area contributed by atoms with Crippen molar-refractivity contribution in [2.45, 2.75) is 16.3 Å². The smallest absolute Gasteiger partial charge is 0.405 e. The molecule has 1 aromatic rings. The summed E-state index contributed by atoms with van der Waals surface area (Å²) in [6.07, 6.45) is -3.47. The second-order valence-electron chi connectivity index (χ2n) is 3.63. The van der Waals surface area contributed by atoms with Gasteiger partial charge in [-0.3, -0.25) is 0 Å². The van der Waals surface area contributed by atoms with Crippen LogP contribution in [0.25, 0.3) is 6.08 Å². The van der Waals surface area contributed by atoms with Gasteiger partial charge in [0, 0.05) is 8.47 Å². The van der Waals surface area contributed by atoms with Crippen LogP contribution < -0.4 is 0 Å². The highest BCUT2D eigenvalue weighted by Gasteiger charge is 2.46. The number of fused-ring (bicyclic) bond motifs is 1. The van der Waals surface area contributed by atoms with Crippen molar-refractivity contribution in [3.63, 3.8) is 0 Å². The lowest BCUT2D eigenvalue weighted by molar-refractivity contribution is -0.140. The summed E-state index contributed by atoms with van der Waals surface area (Å²) < 4.78 is 39.2. The number of aliphatic carboxylic acids is 1. The first kappa shape index (κ1) is 13.7. The molecule has 1 unspecified atom stereocenters. The monoisotopic (exact) mass is 386 g/mol. The lowest BCUT2D eigenvalue weighted by atomic mass is 10.1. The van der Waals surface area contributed by atoms with E-state index in [0.717, 1.165) is 9.65 Å². The van der Waals surface area contributed by atoms with Crippen molar-refractivity contribution in [2.75, 3.05) is 0 Å². The Morgan fingerprint density at radius 3 is 2.61 bits per heavy atom. The Kier molecular flexibility index (Phi) is 3.63. The third kappa shape index (κ3) is 2.66. The molecule has 0 radical (unpaired) electrons. The van der Waals surface area contributed by atoms with Gasteiger partial charge in [-0.05, 0) is 52.4 Å². The minimum Gasteiger partial charge on any atom is -0.478 e. The number of carboxylic acid groups (broad SMARTS) is 1. The van der Waals surface area contributed by atoms with Crippen molar-refractivity contribution in [3.05, 3.63) is 32.9 Å². The number of hydrogen-bond acceptors (Lipinski definition) is 2. The number of carbonyl (C=O) groups is 1. The number of carboxylic acids is 1. The topological polar surface area (TPSA) is 37.3 Å². The predicted molar refractivity (Wildman–Crippen MR) is 70.5 cm³/mol.